The Morgan fingerprint density at radius 1 is 1.19 bits per heavy atom. The van der Waals surface area contributed by atoms with E-state index in [4.69, 9.17) is 23.2 Å². The van der Waals surface area contributed by atoms with Gasteiger partial charge in [-0.3, -0.25) is 9.69 Å². The molecule has 0 radical (unpaired) electrons. The number of hydrogen-bond donors (Lipinski definition) is 0. The zero-order valence-electron chi connectivity index (χ0n) is 15.1. The van der Waals surface area contributed by atoms with Gasteiger partial charge < -0.3 is 0 Å². The Balaban J connectivity index is 2.02. The van der Waals surface area contributed by atoms with E-state index in [-0.39, 0.29) is 11.3 Å². The summed E-state index contributed by atoms with van der Waals surface area (Å²) in [5.74, 6) is 0.748. The van der Waals surface area contributed by atoms with Crippen LogP contribution in [0.4, 0.5) is 5.95 Å². The molecule has 3 rings (SSSR count). The number of rotatable bonds is 5. The Bertz CT molecular complexity index is 800. The fourth-order valence-corrected chi connectivity index (χ4v) is 5.10. The topological polar surface area (TPSA) is 46.1 Å². The van der Waals surface area contributed by atoms with Crippen molar-refractivity contribution < 1.29 is 4.79 Å². The first-order chi connectivity index (χ1) is 12.4. The second kappa shape index (κ2) is 8.15. The van der Waals surface area contributed by atoms with E-state index in [0.29, 0.717) is 21.7 Å². The molecule has 0 N–H and O–H groups in total. The highest BCUT2D eigenvalue weighted by atomic mass is 35.5. The highest BCUT2D eigenvalue weighted by Gasteiger charge is 2.38. The van der Waals surface area contributed by atoms with E-state index in [1.54, 1.807) is 23.1 Å². The average molecular weight is 410 g/mol. The lowest BCUT2D eigenvalue weighted by molar-refractivity contribution is -0.115. The van der Waals surface area contributed by atoms with E-state index in [1.807, 2.05) is 13.8 Å². The van der Waals surface area contributed by atoms with Crippen molar-refractivity contribution in [3.8, 4) is 0 Å². The lowest BCUT2D eigenvalue weighted by Gasteiger charge is -2.25. The Hall–Kier alpha value is -1.30. The van der Waals surface area contributed by atoms with E-state index in [9.17, 15) is 4.79 Å². The van der Waals surface area contributed by atoms with Crippen molar-refractivity contribution in [2.75, 3.05) is 10.7 Å². The molecule has 26 heavy (non-hydrogen) atoms. The smallest absolute Gasteiger partial charge is 0.240 e. The lowest BCUT2D eigenvalue weighted by atomic mass is 10.1. The molecule has 2 aromatic rings. The van der Waals surface area contributed by atoms with Crippen LogP contribution in [0.3, 0.4) is 0 Å². The highest BCUT2D eigenvalue weighted by Crippen LogP contribution is 2.45. The molecule has 1 fully saturated rings. The van der Waals surface area contributed by atoms with Crippen LogP contribution in [-0.4, -0.2) is 21.6 Å². The number of benzene rings is 1. The van der Waals surface area contributed by atoms with Gasteiger partial charge in [0.25, 0.3) is 0 Å². The summed E-state index contributed by atoms with van der Waals surface area (Å²) in [6.45, 7) is 6.13. The van der Waals surface area contributed by atoms with E-state index in [1.165, 1.54) is 17.3 Å². The van der Waals surface area contributed by atoms with Crippen molar-refractivity contribution in [2.45, 2.75) is 45.4 Å². The number of thioether (sulfide) groups is 1. The molecule has 0 spiro atoms. The number of anilines is 1. The van der Waals surface area contributed by atoms with Crippen molar-refractivity contribution in [2.24, 2.45) is 0 Å². The molecule has 0 aliphatic carbocycles. The molecule has 1 aromatic carbocycles. The largest absolute Gasteiger partial charge is 0.273 e. The quantitative estimate of drug-likeness (QED) is 0.651. The average Bonchev–Trinajstić information content (AvgIpc) is 2.95. The van der Waals surface area contributed by atoms with Crippen LogP contribution < -0.4 is 4.90 Å². The minimum atomic E-state index is -0.316. The van der Waals surface area contributed by atoms with E-state index in [0.717, 1.165) is 36.2 Å². The lowest BCUT2D eigenvalue weighted by Crippen LogP contribution is -2.30. The molecule has 138 valence electrons. The SMILES string of the molecule is CCCCc1c(C)nc(N2C(=O)CSC2c2c(Cl)cccc2Cl)nc1C. The van der Waals surface area contributed by atoms with Gasteiger partial charge in [0, 0.05) is 27.0 Å². The van der Waals surface area contributed by atoms with Gasteiger partial charge in [-0.05, 0) is 44.4 Å². The summed E-state index contributed by atoms with van der Waals surface area (Å²) in [5.41, 5.74) is 3.76. The zero-order chi connectivity index (χ0) is 18.8. The molecule has 2 heterocycles. The predicted molar refractivity (Wildman–Crippen MR) is 109 cm³/mol. The predicted octanol–water partition coefficient (Wildman–Crippen LogP) is 5.52. The zero-order valence-corrected chi connectivity index (χ0v) is 17.4. The number of aryl methyl sites for hydroxylation is 2. The van der Waals surface area contributed by atoms with Crippen LogP contribution in [0.5, 0.6) is 0 Å². The van der Waals surface area contributed by atoms with Crippen LogP contribution in [-0.2, 0) is 11.2 Å². The van der Waals surface area contributed by atoms with Crippen LogP contribution in [0.2, 0.25) is 10.0 Å². The Kier molecular flexibility index (Phi) is 6.10. The number of halogens is 2. The molecule has 1 saturated heterocycles. The van der Waals surface area contributed by atoms with Crippen molar-refractivity contribution in [3.63, 3.8) is 0 Å². The maximum Gasteiger partial charge on any atom is 0.240 e. The number of carbonyl (C=O) groups is 1. The minimum Gasteiger partial charge on any atom is -0.273 e. The third-order valence-corrected chi connectivity index (χ3v) is 6.35. The molecule has 1 unspecified atom stereocenters. The maximum absolute atomic E-state index is 12.6. The van der Waals surface area contributed by atoms with Gasteiger partial charge >= 0.3 is 0 Å². The van der Waals surface area contributed by atoms with Crippen LogP contribution >= 0.6 is 35.0 Å². The van der Waals surface area contributed by atoms with Gasteiger partial charge in [0.15, 0.2) is 0 Å². The monoisotopic (exact) mass is 409 g/mol. The summed E-state index contributed by atoms with van der Waals surface area (Å²) in [4.78, 5) is 23.5. The summed E-state index contributed by atoms with van der Waals surface area (Å²) < 4.78 is 0. The maximum atomic E-state index is 12.6. The van der Waals surface area contributed by atoms with Gasteiger partial charge in [0.2, 0.25) is 11.9 Å². The summed E-state index contributed by atoms with van der Waals surface area (Å²) in [7, 11) is 0. The first-order valence-electron chi connectivity index (χ1n) is 8.65. The van der Waals surface area contributed by atoms with Gasteiger partial charge in [-0.25, -0.2) is 9.97 Å². The van der Waals surface area contributed by atoms with Crippen molar-refractivity contribution in [1.29, 1.82) is 0 Å². The van der Waals surface area contributed by atoms with Crippen LogP contribution in [0, 0.1) is 13.8 Å². The third-order valence-electron chi connectivity index (χ3n) is 4.52. The number of unbranched alkanes of at least 4 members (excludes halogenated alkanes) is 1. The normalized spacial score (nSPS) is 17.2. The number of aromatic nitrogens is 2. The van der Waals surface area contributed by atoms with Gasteiger partial charge in [-0.15, -0.1) is 11.8 Å². The van der Waals surface area contributed by atoms with Crippen molar-refractivity contribution >= 4 is 46.8 Å². The molecule has 1 amide bonds. The summed E-state index contributed by atoms with van der Waals surface area (Å²) >= 11 is 14.2. The van der Waals surface area contributed by atoms with Gasteiger partial charge in [0.05, 0.1) is 5.75 Å². The molecule has 1 atom stereocenters. The van der Waals surface area contributed by atoms with E-state index < -0.39 is 0 Å². The fourth-order valence-electron chi connectivity index (χ4n) is 3.15. The molecule has 1 aliphatic heterocycles. The second-order valence-electron chi connectivity index (χ2n) is 6.34. The van der Waals surface area contributed by atoms with Crippen LogP contribution in [0.1, 0.15) is 47.7 Å². The molecular formula is C19H21Cl2N3OS. The fraction of sp³-hybridized carbons (Fsp3) is 0.421. The highest BCUT2D eigenvalue weighted by molar-refractivity contribution is 8.00. The first kappa shape index (κ1) is 19.5. The Labute approximate surface area is 168 Å². The molecule has 1 aliphatic rings. The molecule has 1 aromatic heterocycles. The van der Waals surface area contributed by atoms with Crippen LogP contribution in [0.15, 0.2) is 18.2 Å². The second-order valence-corrected chi connectivity index (χ2v) is 8.22. The minimum absolute atomic E-state index is 0.0314. The number of carbonyl (C=O) groups excluding carboxylic acids is 1. The molecule has 4 nitrogen and oxygen atoms in total. The molecule has 7 heteroatoms. The Morgan fingerprint density at radius 2 is 1.81 bits per heavy atom. The molecular weight excluding hydrogens is 389 g/mol. The van der Waals surface area contributed by atoms with Crippen molar-refractivity contribution in [1.82, 2.24) is 9.97 Å². The first-order valence-corrected chi connectivity index (χ1v) is 10.5. The van der Waals surface area contributed by atoms with Gasteiger partial charge in [0.1, 0.15) is 5.37 Å². The number of hydrogen-bond acceptors (Lipinski definition) is 4. The number of amides is 1. The van der Waals surface area contributed by atoms with Gasteiger partial charge in [-0.2, -0.15) is 0 Å². The van der Waals surface area contributed by atoms with E-state index >= 15 is 0 Å². The van der Waals surface area contributed by atoms with E-state index in [2.05, 4.69) is 16.9 Å². The molecule has 0 saturated carbocycles. The summed E-state index contributed by atoms with van der Waals surface area (Å²) in [5, 5.41) is 0.773. The van der Waals surface area contributed by atoms with Crippen LogP contribution in [0.25, 0.3) is 0 Å². The number of nitrogens with zero attached hydrogens (tertiary/aromatic N) is 3. The van der Waals surface area contributed by atoms with Crippen molar-refractivity contribution in [3.05, 3.63) is 50.8 Å². The summed E-state index contributed by atoms with van der Waals surface area (Å²) in [6, 6.07) is 5.37. The summed E-state index contributed by atoms with van der Waals surface area (Å²) in [6.07, 6.45) is 3.17. The third kappa shape index (κ3) is 3.71. The van der Waals surface area contributed by atoms with Gasteiger partial charge in [-0.1, -0.05) is 42.6 Å². The Morgan fingerprint density at radius 3 is 2.38 bits per heavy atom. The standard InChI is InChI=1S/C19H21Cl2N3OS/c1-4-5-7-13-11(2)22-19(23-12(13)3)24-16(25)10-26-18(24)17-14(20)8-6-9-15(17)21/h6,8-9,18H,4-5,7,10H2,1-3H3. The molecule has 0 bridgehead atoms.